The van der Waals surface area contributed by atoms with E-state index in [2.05, 4.69) is 0 Å². The van der Waals surface area contributed by atoms with Crippen molar-refractivity contribution in [3.8, 4) is 0 Å². The van der Waals surface area contributed by atoms with Crippen molar-refractivity contribution in [2.45, 2.75) is 0 Å². The Bertz CT molecular complexity index is 437. The summed E-state index contributed by atoms with van der Waals surface area (Å²) in [6, 6.07) is 5.34. The van der Waals surface area contributed by atoms with Gasteiger partial charge >= 0.3 is 0 Å². The monoisotopic (exact) mass is 230 g/mol. The number of hydrogen-bond donors (Lipinski definition) is 0. The number of carbonyl (C=O) groups excluding carboxylic acids is 1. The van der Waals surface area contributed by atoms with Crippen molar-refractivity contribution in [3.63, 3.8) is 0 Å². The van der Waals surface area contributed by atoms with Gasteiger partial charge in [0.25, 0.3) is 0 Å². The van der Waals surface area contributed by atoms with E-state index in [1.54, 1.807) is 18.2 Å². The van der Waals surface area contributed by atoms with E-state index >= 15 is 0 Å². The first-order valence-electron chi connectivity index (χ1n) is 3.54. The maximum atomic E-state index is 10.5. The molecule has 1 aromatic heterocycles. The van der Waals surface area contributed by atoms with Crippen molar-refractivity contribution in [3.05, 3.63) is 33.1 Å². The largest absolute Gasteiger partial charge is 0.297 e. The molecule has 1 nitrogen and oxygen atoms in total. The van der Waals surface area contributed by atoms with E-state index in [0.29, 0.717) is 14.9 Å². The van der Waals surface area contributed by atoms with E-state index in [4.69, 9.17) is 23.2 Å². The topological polar surface area (TPSA) is 17.1 Å². The molecule has 0 aliphatic rings. The van der Waals surface area contributed by atoms with Crippen LogP contribution in [0.2, 0.25) is 10.0 Å². The van der Waals surface area contributed by atoms with Crippen LogP contribution in [0.3, 0.4) is 0 Å². The van der Waals surface area contributed by atoms with Gasteiger partial charge in [0, 0.05) is 4.70 Å². The highest BCUT2D eigenvalue weighted by molar-refractivity contribution is 7.20. The molecule has 0 amide bonds. The van der Waals surface area contributed by atoms with Crippen LogP contribution in [0.25, 0.3) is 10.1 Å². The lowest BCUT2D eigenvalue weighted by molar-refractivity contribution is 0.112. The van der Waals surface area contributed by atoms with Crippen molar-refractivity contribution >= 4 is 50.9 Å². The Balaban J connectivity index is 2.77. The third-order valence-electron chi connectivity index (χ3n) is 1.69. The van der Waals surface area contributed by atoms with Crippen LogP contribution in [-0.4, -0.2) is 6.29 Å². The van der Waals surface area contributed by atoms with Crippen molar-refractivity contribution < 1.29 is 4.79 Å². The van der Waals surface area contributed by atoms with Gasteiger partial charge in [-0.1, -0.05) is 23.2 Å². The average molecular weight is 231 g/mol. The van der Waals surface area contributed by atoms with Gasteiger partial charge in [0.2, 0.25) is 0 Å². The molecule has 0 radical (unpaired) electrons. The number of carbonyl (C=O) groups is 1. The molecule has 2 rings (SSSR count). The van der Waals surface area contributed by atoms with Gasteiger partial charge in [-0.2, -0.15) is 0 Å². The number of fused-ring (bicyclic) bond motifs is 1. The van der Waals surface area contributed by atoms with Crippen LogP contribution in [0, 0.1) is 0 Å². The first-order chi connectivity index (χ1) is 6.20. The summed E-state index contributed by atoms with van der Waals surface area (Å²) < 4.78 is 0.983. The van der Waals surface area contributed by atoms with Crippen LogP contribution in [0.1, 0.15) is 9.67 Å². The van der Waals surface area contributed by atoms with Gasteiger partial charge in [-0.25, -0.2) is 0 Å². The molecule has 1 aromatic carbocycles. The van der Waals surface area contributed by atoms with Crippen LogP contribution >= 0.6 is 34.5 Å². The smallest absolute Gasteiger partial charge is 0.160 e. The lowest BCUT2D eigenvalue weighted by atomic mass is 10.2. The minimum Gasteiger partial charge on any atom is -0.297 e. The van der Waals surface area contributed by atoms with Crippen LogP contribution in [-0.2, 0) is 0 Å². The first-order valence-corrected chi connectivity index (χ1v) is 5.12. The van der Waals surface area contributed by atoms with Crippen molar-refractivity contribution in [2.75, 3.05) is 0 Å². The van der Waals surface area contributed by atoms with Crippen LogP contribution in [0.15, 0.2) is 18.2 Å². The van der Waals surface area contributed by atoms with E-state index < -0.39 is 0 Å². The summed E-state index contributed by atoms with van der Waals surface area (Å²) >= 11 is 13.1. The molecular weight excluding hydrogens is 227 g/mol. The van der Waals surface area contributed by atoms with Gasteiger partial charge in [-0.3, -0.25) is 4.79 Å². The fourth-order valence-electron chi connectivity index (χ4n) is 1.11. The Morgan fingerprint density at radius 3 is 2.54 bits per heavy atom. The number of rotatable bonds is 1. The fourth-order valence-corrected chi connectivity index (χ4v) is 2.41. The summed E-state index contributed by atoms with van der Waals surface area (Å²) in [5, 5.41) is 2.00. The third-order valence-corrected chi connectivity index (χ3v) is 3.44. The molecule has 2 aromatic rings. The second-order valence-corrected chi connectivity index (χ2v) is 4.50. The molecule has 0 fully saturated rings. The lowest BCUT2D eigenvalue weighted by Gasteiger charge is -1.93. The van der Waals surface area contributed by atoms with Gasteiger partial charge in [0.1, 0.15) is 0 Å². The summed E-state index contributed by atoms with van der Waals surface area (Å²) in [7, 11) is 0. The number of benzene rings is 1. The number of aldehydes is 1. The lowest BCUT2D eigenvalue weighted by Crippen LogP contribution is -1.67. The zero-order chi connectivity index (χ0) is 9.42. The van der Waals surface area contributed by atoms with Crippen LogP contribution in [0.5, 0.6) is 0 Å². The second-order valence-electron chi connectivity index (χ2n) is 2.57. The third kappa shape index (κ3) is 1.57. The van der Waals surface area contributed by atoms with Crippen molar-refractivity contribution in [1.82, 2.24) is 0 Å². The van der Waals surface area contributed by atoms with Gasteiger partial charge in [0.05, 0.1) is 14.9 Å². The predicted molar refractivity (Wildman–Crippen MR) is 57.2 cm³/mol. The molecule has 13 heavy (non-hydrogen) atoms. The highest BCUT2D eigenvalue weighted by Gasteiger charge is 2.04. The predicted octanol–water partition coefficient (Wildman–Crippen LogP) is 4.02. The van der Waals surface area contributed by atoms with Gasteiger partial charge in [-0.05, 0) is 23.6 Å². The highest BCUT2D eigenvalue weighted by atomic mass is 35.5. The fraction of sp³-hybridized carbons (Fsp3) is 0. The first kappa shape index (κ1) is 9.00. The summed E-state index contributed by atoms with van der Waals surface area (Å²) in [6.07, 6.45) is 0.826. The van der Waals surface area contributed by atoms with Gasteiger partial charge < -0.3 is 0 Å². The van der Waals surface area contributed by atoms with Crippen molar-refractivity contribution in [2.24, 2.45) is 0 Å². The quantitative estimate of drug-likeness (QED) is 0.677. The van der Waals surface area contributed by atoms with Crippen LogP contribution in [0.4, 0.5) is 0 Å². The minimum absolute atomic E-state index is 0.518. The minimum atomic E-state index is 0.518. The van der Waals surface area contributed by atoms with Crippen molar-refractivity contribution in [1.29, 1.82) is 0 Å². The summed E-state index contributed by atoms with van der Waals surface area (Å²) in [6.45, 7) is 0. The van der Waals surface area contributed by atoms with Gasteiger partial charge in [-0.15, -0.1) is 11.3 Å². The standard InChI is InChI=1S/C9H4Cl2OS/c10-7-2-5-1-6(4-12)13-9(5)3-8(7)11/h1-4H. The summed E-state index contributed by atoms with van der Waals surface area (Å²) in [5.41, 5.74) is 0. The molecule has 0 aliphatic carbocycles. The number of thiophene rings is 1. The maximum Gasteiger partial charge on any atom is 0.160 e. The van der Waals surface area contributed by atoms with E-state index in [1.807, 2.05) is 0 Å². The SMILES string of the molecule is O=Cc1cc2cc(Cl)c(Cl)cc2s1. The zero-order valence-electron chi connectivity index (χ0n) is 6.38. The molecule has 0 saturated heterocycles. The Kier molecular flexibility index (Phi) is 2.28. The molecule has 66 valence electrons. The molecule has 1 heterocycles. The Morgan fingerprint density at radius 2 is 1.85 bits per heavy atom. The maximum absolute atomic E-state index is 10.5. The molecule has 4 heteroatoms. The summed E-state index contributed by atoms with van der Waals surface area (Å²) in [5.74, 6) is 0. The Hall–Kier alpha value is -0.570. The normalized spacial score (nSPS) is 10.6. The molecular formula is C9H4Cl2OS. The molecule has 0 aliphatic heterocycles. The average Bonchev–Trinajstić information content (AvgIpc) is 2.48. The zero-order valence-corrected chi connectivity index (χ0v) is 8.71. The Labute approximate surface area is 88.9 Å². The van der Waals surface area contributed by atoms with E-state index in [-0.39, 0.29) is 0 Å². The number of hydrogen-bond acceptors (Lipinski definition) is 2. The van der Waals surface area contributed by atoms with E-state index in [1.165, 1.54) is 11.3 Å². The number of halogens is 2. The second kappa shape index (κ2) is 3.29. The molecule has 0 saturated carbocycles. The van der Waals surface area contributed by atoms with Crippen LogP contribution < -0.4 is 0 Å². The molecule has 0 unspecified atom stereocenters. The Morgan fingerprint density at radius 1 is 1.15 bits per heavy atom. The van der Waals surface area contributed by atoms with E-state index in [0.717, 1.165) is 16.4 Å². The highest BCUT2D eigenvalue weighted by Crippen LogP contribution is 2.32. The van der Waals surface area contributed by atoms with E-state index in [9.17, 15) is 4.79 Å². The van der Waals surface area contributed by atoms with Gasteiger partial charge in [0.15, 0.2) is 6.29 Å². The molecule has 0 atom stereocenters. The molecule has 0 bridgehead atoms. The molecule has 0 N–H and O–H groups in total. The summed E-state index contributed by atoms with van der Waals surface area (Å²) in [4.78, 5) is 11.2. The molecule has 0 spiro atoms.